The molecule has 0 saturated heterocycles. The number of nitrogens with one attached hydrogen (secondary N) is 1. The molecule has 0 fully saturated rings. The zero-order chi connectivity index (χ0) is 23.9. The monoisotopic (exact) mass is 454 g/mol. The third kappa shape index (κ3) is 5.10. The molecule has 4 rings (SSSR count). The number of halogens is 1. The van der Waals surface area contributed by atoms with Crippen LogP contribution < -0.4 is 5.32 Å². The average molecular weight is 455 g/mol. The van der Waals surface area contributed by atoms with Crippen LogP contribution in [0.1, 0.15) is 10.4 Å². The maximum atomic E-state index is 14.1. The van der Waals surface area contributed by atoms with E-state index in [9.17, 15) is 14.0 Å². The van der Waals surface area contributed by atoms with Crippen LogP contribution in [0.4, 0.5) is 10.3 Å². The first-order valence-corrected chi connectivity index (χ1v) is 10.7. The van der Waals surface area contributed by atoms with Crippen LogP contribution in [0.3, 0.4) is 0 Å². The van der Waals surface area contributed by atoms with E-state index in [2.05, 4.69) is 16.9 Å². The highest BCUT2D eigenvalue weighted by Gasteiger charge is 2.22. The summed E-state index contributed by atoms with van der Waals surface area (Å²) in [6.45, 7) is 3.44. The van der Waals surface area contributed by atoms with Gasteiger partial charge in [-0.2, -0.15) is 0 Å². The van der Waals surface area contributed by atoms with E-state index in [1.807, 2.05) is 66.9 Å². The number of carbonyl (C=O) groups excluding carboxylic acids is 2. The summed E-state index contributed by atoms with van der Waals surface area (Å²) in [6.07, 6.45) is 3.33. The Balaban J connectivity index is 1.60. The maximum Gasteiger partial charge on any atom is 0.257 e. The number of rotatable bonds is 8. The number of para-hydroxylation sites is 1. The van der Waals surface area contributed by atoms with Crippen LogP contribution in [0, 0.1) is 5.82 Å². The van der Waals surface area contributed by atoms with Gasteiger partial charge in [0.1, 0.15) is 12.4 Å². The van der Waals surface area contributed by atoms with Crippen molar-refractivity contribution in [1.29, 1.82) is 0 Å². The van der Waals surface area contributed by atoms with Crippen LogP contribution >= 0.6 is 0 Å². The summed E-state index contributed by atoms with van der Waals surface area (Å²) in [5.41, 5.74) is 2.30. The van der Waals surface area contributed by atoms with E-state index in [1.54, 1.807) is 10.6 Å². The van der Waals surface area contributed by atoms with Crippen molar-refractivity contribution in [2.45, 2.75) is 0 Å². The Labute approximate surface area is 197 Å². The van der Waals surface area contributed by atoms with Gasteiger partial charge in [-0.05, 0) is 24.3 Å². The van der Waals surface area contributed by atoms with Crippen molar-refractivity contribution in [1.82, 2.24) is 14.5 Å². The first kappa shape index (κ1) is 22.7. The van der Waals surface area contributed by atoms with Gasteiger partial charge in [-0.3, -0.25) is 19.5 Å². The topological polar surface area (TPSA) is 67.2 Å². The standard InChI is InChI=1S/C27H23FN4O2/c1-2-17-31(26(34)22-15-9-10-16-23(22)28)19-25(33)30-27-29-24(20-11-5-3-6-12-20)18-32(27)21-13-7-4-8-14-21/h2-16,18H,1,17,19H2,(H,29,30,33). The summed E-state index contributed by atoms with van der Waals surface area (Å²) in [5.74, 6) is -1.39. The van der Waals surface area contributed by atoms with E-state index in [1.165, 1.54) is 29.2 Å². The van der Waals surface area contributed by atoms with Gasteiger partial charge in [-0.1, -0.05) is 66.7 Å². The lowest BCUT2D eigenvalue weighted by Crippen LogP contribution is -2.38. The zero-order valence-electron chi connectivity index (χ0n) is 18.4. The molecule has 0 aliphatic rings. The SMILES string of the molecule is C=CCN(CC(=O)Nc1nc(-c2ccccc2)cn1-c1ccccc1)C(=O)c1ccccc1F. The minimum atomic E-state index is -0.644. The second kappa shape index (κ2) is 10.4. The van der Waals surface area contributed by atoms with E-state index < -0.39 is 17.6 Å². The van der Waals surface area contributed by atoms with Gasteiger partial charge < -0.3 is 4.90 Å². The van der Waals surface area contributed by atoms with Crippen LogP contribution in [0.5, 0.6) is 0 Å². The van der Waals surface area contributed by atoms with Gasteiger partial charge in [0.05, 0.1) is 11.3 Å². The molecular formula is C27H23FN4O2. The number of amides is 2. The van der Waals surface area contributed by atoms with Gasteiger partial charge in [0.2, 0.25) is 11.9 Å². The first-order chi connectivity index (χ1) is 16.6. The lowest BCUT2D eigenvalue weighted by molar-refractivity contribution is -0.116. The summed E-state index contributed by atoms with van der Waals surface area (Å²) >= 11 is 0. The molecule has 0 bridgehead atoms. The van der Waals surface area contributed by atoms with Crippen molar-refractivity contribution in [3.8, 4) is 16.9 Å². The summed E-state index contributed by atoms with van der Waals surface area (Å²) in [4.78, 5) is 31.7. The molecule has 3 aromatic carbocycles. The Morgan fingerprint density at radius 1 is 0.971 bits per heavy atom. The van der Waals surface area contributed by atoms with Gasteiger partial charge >= 0.3 is 0 Å². The molecule has 4 aromatic rings. The summed E-state index contributed by atoms with van der Waals surface area (Å²) in [7, 11) is 0. The average Bonchev–Trinajstić information content (AvgIpc) is 3.28. The lowest BCUT2D eigenvalue weighted by Gasteiger charge is -2.21. The van der Waals surface area contributed by atoms with Crippen molar-refractivity contribution >= 4 is 17.8 Å². The fourth-order valence-electron chi connectivity index (χ4n) is 3.52. The first-order valence-electron chi connectivity index (χ1n) is 10.7. The maximum absolute atomic E-state index is 14.1. The molecule has 0 spiro atoms. The van der Waals surface area contributed by atoms with Crippen molar-refractivity contribution in [2.24, 2.45) is 0 Å². The number of imidazole rings is 1. The van der Waals surface area contributed by atoms with E-state index >= 15 is 0 Å². The molecule has 6 nitrogen and oxygen atoms in total. The highest BCUT2D eigenvalue weighted by molar-refractivity contribution is 5.99. The van der Waals surface area contributed by atoms with E-state index in [0.717, 1.165) is 11.3 Å². The van der Waals surface area contributed by atoms with Gasteiger partial charge in [0.15, 0.2) is 0 Å². The molecular weight excluding hydrogens is 431 g/mol. The second-order valence-corrected chi connectivity index (χ2v) is 7.52. The van der Waals surface area contributed by atoms with Crippen LogP contribution in [-0.4, -0.2) is 39.4 Å². The lowest BCUT2D eigenvalue weighted by atomic mass is 10.2. The molecule has 7 heteroatoms. The van der Waals surface area contributed by atoms with E-state index in [0.29, 0.717) is 11.6 Å². The quantitative estimate of drug-likeness (QED) is 0.383. The fourth-order valence-corrected chi connectivity index (χ4v) is 3.52. The summed E-state index contributed by atoms with van der Waals surface area (Å²) < 4.78 is 15.9. The predicted octanol–water partition coefficient (Wildman–Crippen LogP) is 4.95. The molecule has 0 radical (unpaired) electrons. The molecule has 0 saturated carbocycles. The number of nitrogens with zero attached hydrogens (tertiary/aromatic N) is 3. The second-order valence-electron chi connectivity index (χ2n) is 7.52. The van der Waals surface area contributed by atoms with Crippen LogP contribution in [0.2, 0.25) is 0 Å². The third-order valence-electron chi connectivity index (χ3n) is 5.14. The van der Waals surface area contributed by atoms with Crippen molar-refractivity contribution in [3.63, 3.8) is 0 Å². The molecule has 1 aromatic heterocycles. The summed E-state index contributed by atoms with van der Waals surface area (Å²) in [6, 6.07) is 24.8. The molecule has 170 valence electrons. The van der Waals surface area contributed by atoms with Crippen molar-refractivity contribution in [3.05, 3.63) is 115 Å². The largest absolute Gasteiger partial charge is 0.326 e. The molecule has 0 aliphatic carbocycles. The van der Waals surface area contributed by atoms with Crippen LogP contribution in [0.15, 0.2) is 104 Å². The highest BCUT2D eigenvalue weighted by atomic mass is 19.1. The highest BCUT2D eigenvalue weighted by Crippen LogP contribution is 2.24. The van der Waals surface area contributed by atoms with Crippen LogP contribution in [-0.2, 0) is 4.79 Å². The van der Waals surface area contributed by atoms with Gasteiger partial charge in [-0.15, -0.1) is 6.58 Å². The Morgan fingerprint density at radius 3 is 2.29 bits per heavy atom. The minimum absolute atomic E-state index is 0.0863. The Hall–Kier alpha value is -4.52. The van der Waals surface area contributed by atoms with Crippen LogP contribution in [0.25, 0.3) is 16.9 Å². The Morgan fingerprint density at radius 2 is 1.62 bits per heavy atom. The van der Waals surface area contributed by atoms with E-state index in [4.69, 9.17) is 0 Å². The molecule has 0 atom stereocenters. The number of carbonyl (C=O) groups is 2. The fraction of sp³-hybridized carbons (Fsp3) is 0.0741. The number of benzene rings is 3. The number of hydrogen-bond acceptors (Lipinski definition) is 3. The van der Waals surface area contributed by atoms with E-state index in [-0.39, 0.29) is 18.7 Å². The number of aromatic nitrogens is 2. The normalized spacial score (nSPS) is 10.5. The van der Waals surface area contributed by atoms with Gasteiger partial charge in [-0.25, -0.2) is 9.37 Å². The van der Waals surface area contributed by atoms with Gasteiger partial charge in [0.25, 0.3) is 5.91 Å². The zero-order valence-corrected chi connectivity index (χ0v) is 18.4. The molecule has 1 N–H and O–H groups in total. The Kier molecular flexibility index (Phi) is 6.93. The van der Waals surface area contributed by atoms with Crippen molar-refractivity contribution in [2.75, 3.05) is 18.4 Å². The molecule has 0 aliphatic heterocycles. The molecule has 1 heterocycles. The summed E-state index contributed by atoms with van der Waals surface area (Å²) in [5, 5.41) is 2.80. The molecule has 2 amide bonds. The molecule has 0 unspecified atom stereocenters. The smallest absolute Gasteiger partial charge is 0.257 e. The molecule has 34 heavy (non-hydrogen) atoms. The Bertz CT molecular complexity index is 1300. The third-order valence-corrected chi connectivity index (χ3v) is 5.14. The minimum Gasteiger partial charge on any atom is -0.326 e. The van der Waals surface area contributed by atoms with Gasteiger partial charge in [0, 0.05) is 24.0 Å². The number of anilines is 1. The number of hydrogen-bond donors (Lipinski definition) is 1. The van der Waals surface area contributed by atoms with Crippen molar-refractivity contribution < 1.29 is 14.0 Å². The predicted molar refractivity (Wildman–Crippen MR) is 130 cm³/mol.